The quantitative estimate of drug-likeness (QED) is 0.612. The number of anilines is 1. The SMILES string of the molecule is C[C@H]1CN(c2ccc(Cl)cc2[N+](=O)[O-])C[C@H](C)O1. The first kappa shape index (κ1) is 13.1. The van der Waals surface area contributed by atoms with E-state index in [1.54, 1.807) is 12.1 Å². The van der Waals surface area contributed by atoms with Crippen LogP contribution >= 0.6 is 11.6 Å². The molecule has 2 rings (SSSR count). The summed E-state index contributed by atoms with van der Waals surface area (Å²) in [6, 6.07) is 4.77. The van der Waals surface area contributed by atoms with Gasteiger partial charge in [0, 0.05) is 24.2 Å². The zero-order valence-corrected chi connectivity index (χ0v) is 11.1. The molecular weight excluding hydrogens is 256 g/mol. The van der Waals surface area contributed by atoms with Crippen LogP contribution < -0.4 is 4.90 Å². The maximum absolute atomic E-state index is 11.1. The molecular formula is C12H15ClN2O3. The number of nitro groups is 1. The highest BCUT2D eigenvalue weighted by molar-refractivity contribution is 6.30. The number of nitro benzene ring substituents is 1. The van der Waals surface area contributed by atoms with Gasteiger partial charge in [0.2, 0.25) is 0 Å². The van der Waals surface area contributed by atoms with Crippen molar-refractivity contribution in [3.8, 4) is 0 Å². The maximum Gasteiger partial charge on any atom is 0.294 e. The molecule has 0 amide bonds. The molecule has 18 heavy (non-hydrogen) atoms. The molecule has 0 spiro atoms. The number of benzene rings is 1. The molecule has 0 bridgehead atoms. The molecule has 1 aliphatic rings. The molecule has 0 saturated carbocycles. The summed E-state index contributed by atoms with van der Waals surface area (Å²) in [6.45, 7) is 5.22. The van der Waals surface area contributed by atoms with Gasteiger partial charge in [-0.3, -0.25) is 10.1 Å². The van der Waals surface area contributed by atoms with E-state index >= 15 is 0 Å². The highest BCUT2D eigenvalue weighted by atomic mass is 35.5. The normalized spacial score (nSPS) is 24.1. The molecule has 1 saturated heterocycles. The first-order valence-electron chi connectivity index (χ1n) is 5.81. The Balaban J connectivity index is 2.35. The minimum atomic E-state index is -0.397. The van der Waals surface area contributed by atoms with Crippen molar-refractivity contribution in [1.29, 1.82) is 0 Å². The van der Waals surface area contributed by atoms with E-state index in [-0.39, 0.29) is 17.9 Å². The molecule has 0 unspecified atom stereocenters. The fourth-order valence-electron chi connectivity index (χ4n) is 2.28. The number of nitrogens with zero attached hydrogens (tertiary/aromatic N) is 2. The van der Waals surface area contributed by atoms with Crippen molar-refractivity contribution in [2.75, 3.05) is 18.0 Å². The maximum atomic E-state index is 11.1. The second-order valence-electron chi connectivity index (χ2n) is 4.55. The van der Waals surface area contributed by atoms with Crippen molar-refractivity contribution in [1.82, 2.24) is 0 Å². The molecule has 1 aromatic carbocycles. The van der Waals surface area contributed by atoms with Gasteiger partial charge in [-0.2, -0.15) is 0 Å². The molecule has 1 aromatic rings. The Bertz CT molecular complexity index is 457. The first-order chi connectivity index (χ1) is 8.47. The smallest absolute Gasteiger partial charge is 0.294 e. The monoisotopic (exact) mass is 270 g/mol. The third-order valence-corrected chi connectivity index (χ3v) is 3.13. The Morgan fingerprint density at radius 1 is 1.39 bits per heavy atom. The summed E-state index contributed by atoms with van der Waals surface area (Å²) in [4.78, 5) is 12.7. The van der Waals surface area contributed by atoms with E-state index in [2.05, 4.69) is 0 Å². The first-order valence-corrected chi connectivity index (χ1v) is 6.19. The number of hydrogen-bond donors (Lipinski definition) is 0. The summed E-state index contributed by atoms with van der Waals surface area (Å²) in [5.41, 5.74) is 0.648. The van der Waals surface area contributed by atoms with Crippen LogP contribution in [0.5, 0.6) is 0 Å². The molecule has 0 radical (unpaired) electrons. The van der Waals surface area contributed by atoms with Crippen LogP contribution in [0.25, 0.3) is 0 Å². The minimum Gasteiger partial charge on any atom is -0.372 e. The molecule has 2 atom stereocenters. The summed E-state index contributed by atoms with van der Waals surface area (Å²) in [5.74, 6) is 0. The number of halogens is 1. The fraction of sp³-hybridized carbons (Fsp3) is 0.500. The molecule has 5 nitrogen and oxygen atoms in total. The topological polar surface area (TPSA) is 55.6 Å². The zero-order chi connectivity index (χ0) is 13.3. The molecule has 1 heterocycles. The van der Waals surface area contributed by atoms with E-state index in [4.69, 9.17) is 16.3 Å². The summed E-state index contributed by atoms with van der Waals surface area (Å²) in [7, 11) is 0. The second kappa shape index (κ2) is 5.12. The standard InChI is InChI=1S/C12H15ClN2O3/c1-8-6-14(7-9(2)18-8)11-4-3-10(13)5-12(11)15(16)17/h3-5,8-9H,6-7H2,1-2H3/t8-,9-/m0/s1. The Labute approximate surface area is 110 Å². The van der Waals surface area contributed by atoms with Gasteiger partial charge in [-0.1, -0.05) is 11.6 Å². The third-order valence-electron chi connectivity index (χ3n) is 2.89. The highest BCUT2D eigenvalue weighted by Crippen LogP contribution is 2.32. The average Bonchev–Trinajstić information content (AvgIpc) is 2.27. The van der Waals surface area contributed by atoms with E-state index in [0.717, 1.165) is 0 Å². The van der Waals surface area contributed by atoms with Gasteiger partial charge >= 0.3 is 0 Å². The van der Waals surface area contributed by atoms with E-state index < -0.39 is 4.92 Å². The van der Waals surface area contributed by atoms with E-state index in [1.165, 1.54) is 6.07 Å². The van der Waals surface area contributed by atoms with Crippen LogP contribution in [0.3, 0.4) is 0 Å². The minimum absolute atomic E-state index is 0.0452. The van der Waals surface area contributed by atoms with Crippen LogP contribution in [0.15, 0.2) is 18.2 Å². The predicted molar refractivity (Wildman–Crippen MR) is 70.3 cm³/mol. The van der Waals surface area contributed by atoms with Gasteiger partial charge in [0.15, 0.2) is 0 Å². The van der Waals surface area contributed by atoms with Crippen LogP contribution in [0.1, 0.15) is 13.8 Å². The van der Waals surface area contributed by atoms with E-state index in [9.17, 15) is 10.1 Å². The van der Waals surface area contributed by atoms with Crippen LogP contribution in [0.2, 0.25) is 5.02 Å². The van der Waals surface area contributed by atoms with Crippen LogP contribution in [-0.2, 0) is 4.74 Å². The van der Waals surface area contributed by atoms with E-state index in [0.29, 0.717) is 23.8 Å². The largest absolute Gasteiger partial charge is 0.372 e. The lowest BCUT2D eigenvalue weighted by Crippen LogP contribution is -2.45. The van der Waals surface area contributed by atoms with Gasteiger partial charge < -0.3 is 9.64 Å². The molecule has 0 aliphatic carbocycles. The van der Waals surface area contributed by atoms with Crippen molar-refractivity contribution in [3.05, 3.63) is 33.3 Å². The number of hydrogen-bond acceptors (Lipinski definition) is 4. The number of ether oxygens (including phenoxy) is 1. The van der Waals surface area contributed by atoms with Gasteiger partial charge in [-0.15, -0.1) is 0 Å². The van der Waals surface area contributed by atoms with Gasteiger partial charge in [0.05, 0.1) is 17.1 Å². The Kier molecular flexibility index (Phi) is 3.73. The molecule has 6 heteroatoms. The highest BCUT2D eigenvalue weighted by Gasteiger charge is 2.27. The predicted octanol–water partition coefficient (Wildman–Crippen LogP) is 2.86. The van der Waals surface area contributed by atoms with Crippen molar-refractivity contribution < 1.29 is 9.66 Å². The average molecular weight is 271 g/mol. The lowest BCUT2D eigenvalue weighted by atomic mass is 10.2. The molecule has 0 aromatic heterocycles. The van der Waals surface area contributed by atoms with Gasteiger partial charge in [0.1, 0.15) is 5.69 Å². The molecule has 1 aliphatic heterocycles. The van der Waals surface area contributed by atoms with Crippen molar-refractivity contribution >= 4 is 23.0 Å². The van der Waals surface area contributed by atoms with Crippen LogP contribution in [0.4, 0.5) is 11.4 Å². The number of rotatable bonds is 2. The second-order valence-corrected chi connectivity index (χ2v) is 4.99. The summed E-state index contributed by atoms with van der Waals surface area (Å²) >= 11 is 5.81. The van der Waals surface area contributed by atoms with Crippen molar-refractivity contribution in [3.63, 3.8) is 0 Å². The van der Waals surface area contributed by atoms with Gasteiger partial charge in [-0.05, 0) is 26.0 Å². The Hall–Kier alpha value is -1.33. The van der Waals surface area contributed by atoms with Gasteiger partial charge in [0.25, 0.3) is 5.69 Å². The molecule has 0 N–H and O–H groups in total. The van der Waals surface area contributed by atoms with Crippen molar-refractivity contribution in [2.24, 2.45) is 0 Å². The van der Waals surface area contributed by atoms with Crippen molar-refractivity contribution in [2.45, 2.75) is 26.1 Å². The lowest BCUT2D eigenvalue weighted by molar-refractivity contribution is -0.384. The summed E-state index contributed by atoms with van der Waals surface area (Å²) in [6.07, 6.45) is 0.119. The Morgan fingerprint density at radius 2 is 2.00 bits per heavy atom. The lowest BCUT2D eigenvalue weighted by Gasteiger charge is -2.36. The molecule has 98 valence electrons. The van der Waals surface area contributed by atoms with Gasteiger partial charge in [-0.25, -0.2) is 0 Å². The Morgan fingerprint density at radius 3 is 2.56 bits per heavy atom. The summed E-state index contributed by atoms with van der Waals surface area (Å²) < 4.78 is 5.62. The van der Waals surface area contributed by atoms with Crippen LogP contribution in [0, 0.1) is 10.1 Å². The summed E-state index contributed by atoms with van der Waals surface area (Å²) in [5, 5.41) is 11.4. The zero-order valence-electron chi connectivity index (χ0n) is 10.3. The van der Waals surface area contributed by atoms with Crippen LogP contribution in [-0.4, -0.2) is 30.2 Å². The fourth-order valence-corrected chi connectivity index (χ4v) is 2.45. The number of morpholine rings is 1. The molecule has 1 fully saturated rings. The third kappa shape index (κ3) is 2.73. The van der Waals surface area contributed by atoms with E-state index in [1.807, 2.05) is 18.7 Å².